The Bertz CT molecular complexity index is 786. The van der Waals surface area contributed by atoms with E-state index in [1.807, 2.05) is 62.4 Å². The van der Waals surface area contributed by atoms with E-state index in [0.29, 0.717) is 24.3 Å². The van der Waals surface area contributed by atoms with Gasteiger partial charge in [0.2, 0.25) is 5.91 Å². The van der Waals surface area contributed by atoms with Crippen LogP contribution in [0.25, 0.3) is 0 Å². The summed E-state index contributed by atoms with van der Waals surface area (Å²) in [5.41, 5.74) is 2.65. The highest BCUT2D eigenvalue weighted by atomic mass is 16.5. The molecule has 1 fully saturated rings. The van der Waals surface area contributed by atoms with Crippen molar-refractivity contribution in [2.75, 3.05) is 16.8 Å². The molecular weight excluding hydrogens is 328 g/mol. The molecule has 1 saturated heterocycles. The second-order valence-electron chi connectivity index (χ2n) is 6.52. The van der Waals surface area contributed by atoms with E-state index in [9.17, 15) is 9.59 Å². The van der Waals surface area contributed by atoms with Gasteiger partial charge in [0.1, 0.15) is 5.75 Å². The van der Waals surface area contributed by atoms with Crippen molar-refractivity contribution in [3.05, 3.63) is 54.1 Å². The fourth-order valence-electron chi connectivity index (χ4n) is 3.04. The lowest BCUT2D eigenvalue weighted by molar-refractivity contribution is -0.122. The third-order valence-electron chi connectivity index (χ3n) is 4.45. The smallest absolute Gasteiger partial charge is 0.265 e. The molecule has 5 nitrogen and oxygen atoms in total. The molecule has 26 heavy (non-hydrogen) atoms. The number of hydrogen-bond donors (Lipinski definition) is 1. The second-order valence-corrected chi connectivity index (χ2v) is 6.52. The van der Waals surface area contributed by atoms with Crippen LogP contribution in [0.2, 0.25) is 0 Å². The summed E-state index contributed by atoms with van der Waals surface area (Å²) in [6, 6.07) is 15.0. The molecule has 1 aliphatic heterocycles. The van der Waals surface area contributed by atoms with Crippen molar-refractivity contribution in [3.8, 4) is 5.75 Å². The van der Waals surface area contributed by atoms with E-state index in [1.54, 1.807) is 4.90 Å². The number of carbonyl (C=O) groups excluding carboxylic acids is 2. The first-order valence-corrected chi connectivity index (χ1v) is 9.01. The highest BCUT2D eigenvalue weighted by Gasteiger charge is 2.22. The molecule has 0 unspecified atom stereocenters. The Balaban J connectivity index is 1.63. The Morgan fingerprint density at radius 1 is 1.23 bits per heavy atom. The Kier molecular flexibility index (Phi) is 5.56. The maximum atomic E-state index is 12.5. The molecule has 3 rings (SSSR count). The molecule has 0 aliphatic carbocycles. The zero-order chi connectivity index (χ0) is 18.5. The fourth-order valence-corrected chi connectivity index (χ4v) is 3.04. The van der Waals surface area contributed by atoms with Gasteiger partial charge in [-0.15, -0.1) is 0 Å². The van der Waals surface area contributed by atoms with Gasteiger partial charge in [0.15, 0.2) is 6.10 Å². The number of ether oxygens (including phenoxy) is 1. The van der Waals surface area contributed by atoms with E-state index >= 15 is 0 Å². The second kappa shape index (κ2) is 8.04. The average molecular weight is 352 g/mol. The topological polar surface area (TPSA) is 58.6 Å². The summed E-state index contributed by atoms with van der Waals surface area (Å²) in [4.78, 5) is 26.1. The molecule has 0 saturated carbocycles. The van der Waals surface area contributed by atoms with Crippen molar-refractivity contribution in [2.24, 2.45) is 0 Å². The monoisotopic (exact) mass is 352 g/mol. The van der Waals surface area contributed by atoms with Gasteiger partial charge in [0.25, 0.3) is 5.91 Å². The Hall–Kier alpha value is -2.82. The third kappa shape index (κ3) is 4.23. The summed E-state index contributed by atoms with van der Waals surface area (Å²) in [5, 5.41) is 2.89. The van der Waals surface area contributed by atoms with Crippen molar-refractivity contribution in [1.29, 1.82) is 0 Å². The van der Waals surface area contributed by atoms with Gasteiger partial charge in [-0.05, 0) is 61.7 Å². The molecule has 2 aromatic carbocycles. The van der Waals surface area contributed by atoms with E-state index in [4.69, 9.17) is 4.74 Å². The van der Waals surface area contributed by atoms with Crippen LogP contribution >= 0.6 is 0 Å². The number of amides is 2. The summed E-state index contributed by atoms with van der Waals surface area (Å²) in [6.07, 6.45) is 1.51. The normalized spacial score (nSPS) is 15.0. The number of benzene rings is 2. The number of rotatable bonds is 6. The van der Waals surface area contributed by atoms with E-state index in [1.165, 1.54) is 0 Å². The minimum atomic E-state index is -0.559. The summed E-state index contributed by atoms with van der Waals surface area (Å²) in [7, 11) is 0. The van der Waals surface area contributed by atoms with Crippen molar-refractivity contribution in [2.45, 2.75) is 39.2 Å². The van der Waals surface area contributed by atoms with Crippen LogP contribution in [0.15, 0.2) is 48.5 Å². The van der Waals surface area contributed by atoms with Crippen molar-refractivity contribution in [1.82, 2.24) is 0 Å². The molecule has 1 aliphatic rings. The van der Waals surface area contributed by atoms with Gasteiger partial charge < -0.3 is 15.0 Å². The van der Waals surface area contributed by atoms with Gasteiger partial charge in [-0.2, -0.15) is 0 Å². The molecule has 0 radical (unpaired) electrons. The summed E-state index contributed by atoms with van der Waals surface area (Å²) >= 11 is 0. The zero-order valence-corrected chi connectivity index (χ0v) is 15.2. The van der Waals surface area contributed by atoms with Gasteiger partial charge in [0.05, 0.1) is 0 Å². The minimum Gasteiger partial charge on any atom is -0.481 e. The molecule has 1 atom stereocenters. The Morgan fingerprint density at radius 2 is 2.00 bits per heavy atom. The fraction of sp³-hybridized carbons (Fsp3) is 0.333. The standard InChI is InChI=1S/C21H24N2O3/c1-3-19(26-18-7-4-6-15(2)14-18)21(25)22-16-9-11-17(12-10-16)23-13-5-8-20(23)24/h4,6-7,9-12,14,19H,3,5,8,13H2,1-2H3,(H,22,25)/t19-/m0/s1. The highest BCUT2D eigenvalue weighted by Crippen LogP contribution is 2.23. The number of hydrogen-bond acceptors (Lipinski definition) is 3. The lowest BCUT2D eigenvalue weighted by Gasteiger charge is -2.19. The van der Waals surface area contributed by atoms with Crippen LogP contribution in [0.5, 0.6) is 5.75 Å². The van der Waals surface area contributed by atoms with Crippen LogP contribution in [0.3, 0.4) is 0 Å². The van der Waals surface area contributed by atoms with E-state index in [-0.39, 0.29) is 11.8 Å². The van der Waals surface area contributed by atoms with E-state index < -0.39 is 6.10 Å². The predicted octanol–water partition coefficient (Wildman–Crippen LogP) is 3.92. The number of anilines is 2. The summed E-state index contributed by atoms with van der Waals surface area (Å²) < 4.78 is 5.83. The van der Waals surface area contributed by atoms with Crippen LogP contribution in [-0.4, -0.2) is 24.5 Å². The first-order valence-electron chi connectivity index (χ1n) is 9.01. The lowest BCUT2D eigenvalue weighted by Crippen LogP contribution is -2.32. The highest BCUT2D eigenvalue weighted by molar-refractivity contribution is 5.97. The number of aryl methyl sites for hydroxylation is 1. The SMILES string of the molecule is CC[C@H](Oc1cccc(C)c1)C(=O)Nc1ccc(N2CCCC2=O)cc1. The van der Waals surface area contributed by atoms with Gasteiger partial charge >= 0.3 is 0 Å². The largest absolute Gasteiger partial charge is 0.481 e. The minimum absolute atomic E-state index is 0.152. The van der Waals surface area contributed by atoms with Crippen molar-refractivity contribution in [3.63, 3.8) is 0 Å². The molecule has 2 amide bonds. The molecule has 5 heteroatoms. The summed E-state index contributed by atoms with van der Waals surface area (Å²) in [6.45, 7) is 4.66. The van der Waals surface area contributed by atoms with Gasteiger partial charge in [-0.25, -0.2) is 0 Å². The molecule has 0 bridgehead atoms. The Morgan fingerprint density at radius 3 is 2.62 bits per heavy atom. The van der Waals surface area contributed by atoms with Gasteiger partial charge in [-0.1, -0.05) is 19.1 Å². The number of nitrogens with one attached hydrogen (secondary N) is 1. The van der Waals surface area contributed by atoms with E-state index in [2.05, 4.69) is 5.32 Å². The lowest BCUT2D eigenvalue weighted by atomic mass is 10.2. The molecular formula is C21H24N2O3. The molecule has 136 valence electrons. The molecule has 1 heterocycles. The summed E-state index contributed by atoms with van der Waals surface area (Å²) in [5.74, 6) is 0.660. The van der Waals surface area contributed by atoms with Crippen LogP contribution in [0, 0.1) is 6.92 Å². The first kappa shape index (κ1) is 18.0. The number of carbonyl (C=O) groups is 2. The average Bonchev–Trinajstić information content (AvgIpc) is 3.06. The van der Waals surface area contributed by atoms with Crippen LogP contribution in [-0.2, 0) is 9.59 Å². The zero-order valence-electron chi connectivity index (χ0n) is 15.2. The third-order valence-corrected chi connectivity index (χ3v) is 4.45. The van der Waals surface area contributed by atoms with Crippen LogP contribution < -0.4 is 15.0 Å². The molecule has 0 aromatic heterocycles. The van der Waals surface area contributed by atoms with Crippen molar-refractivity contribution < 1.29 is 14.3 Å². The van der Waals surface area contributed by atoms with Gasteiger partial charge in [0, 0.05) is 24.3 Å². The molecule has 2 aromatic rings. The maximum absolute atomic E-state index is 12.5. The first-order chi connectivity index (χ1) is 12.6. The van der Waals surface area contributed by atoms with Crippen LogP contribution in [0.1, 0.15) is 31.7 Å². The predicted molar refractivity (Wildman–Crippen MR) is 103 cm³/mol. The molecule has 1 N–H and O–H groups in total. The Labute approximate surface area is 154 Å². The maximum Gasteiger partial charge on any atom is 0.265 e. The van der Waals surface area contributed by atoms with Gasteiger partial charge in [-0.3, -0.25) is 9.59 Å². The van der Waals surface area contributed by atoms with Crippen molar-refractivity contribution >= 4 is 23.2 Å². The number of nitrogens with zero attached hydrogens (tertiary/aromatic N) is 1. The van der Waals surface area contributed by atoms with E-state index in [0.717, 1.165) is 24.2 Å². The molecule has 0 spiro atoms. The van der Waals surface area contributed by atoms with Crippen LogP contribution in [0.4, 0.5) is 11.4 Å². The quantitative estimate of drug-likeness (QED) is 0.857.